The Labute approximate surface area is 172 Å². The molecule has 0 atom stereocenters. The Hall–Kier alpha value is -2.56. The van der Waals surface area contributed by atoms with Crippen LogP contribution in [-0.2, 0) is 44.7 Å². The van der Waals surface area contributed by atoms with E-state index in [1.54, 1.807) is 0 Å². The Balaban J connectivity index is 1.43. The van der Waals surface area contributed by atoms with Crippen LogP contribution in [0.5, 0.6) is 0 Å². The van der Waals surface area contributed by atoms with Gasteiger partial charge in [0.05, 0.1) is 18.7 Å². The van der Waals surface area contributed by atoms with Gasteiger partial charge in [-0.3, -0.25) is 9.48 Å². The fourth-order valence-electron chi connectivity index (χ4n) is 5.45. The van der Waals surface area contributed by atoms with Gasteiger partial charge in [-0.15, -0.1) is 0 Å². The largest absolute Gasteiger partial charge is 0.350 e. The molecule has 5 rings (SSSR count). The summed E-state index contributed by atoms with van der Waals surface area (Å²) < 4.78 is 4.17. The Morgan fingerprint density at radius 2 is 1.93 bits per heavy atom. The SMILES string of the molecule is Cn1nc(CN(C(=O)Cc2cn(C)c3ccccc23)C2CCCC2)c2c1CCC2. The van der Waals surface area contributed by atoms with Crippen LogP contribution in [0.3, 0.4) is 0 Å². The van der Waals surface area contributed by atoms with Gasteiger partial charge in [-0.2, -0.15) is 5.10 Å². The van der Waals surface area contributed by atoms with Crippen LogP contribution in [0.15, 0.2) is 30.5 Å². The predicted molar refractivity (Wildman–Crippen MR) is 115 cm³/mol. The van der Waals surface area contributed by atoms with Crippen LogP contribution in [0.4, 0.5) is 0 Å². The summed E-state index contributed by atoms with van der Waals surface area (Å²) in [5.74, 6) is 0.241. The van der Waals surface area contributed by atoms with Gasteiger partial charge in [-0.05, 0) is 49.3 Å². The number of benzene rings is 1. The summed E-state index contributed by atoms with van der Waals surface area (Å²) in [7, 11) is 4.10. The molecule has 1 saturated carbocycles. The molecule has 1 amide bonds. The van der Waals surface area contributed by atoms with E-state index in [0.717, 1.165) is 36.9 Å². The Morgan fingerprint density at radius 3 is 2.76 bits per heavy atom. The van der Waals surface area contributed by atoms with Crippen molar-refractivity contribution in [2.75, 3.05) is 0 Å². The number of hydrogen-bond acceptors (Lipinski definition) is 2. The quantitative estimate of drug-likeness (QED) is 0.663. The summed E-state index contributed by atoms with van der Waals surface area (Å²) in [5.41, 5.74) is 6.20. The number of aryl methyl sites for hydroxylation is 2. The van der Waals surface area contributed by atoms with E-state index in [2.05, 4.69) is 47.0 Å². The van der Waals surface area contributed by atoms with Crippen molar-refractivity contribution in [2.24, 2.45) is 14.1 Å². The molecule has 0 N–H and O–H groups in total. The first kappa shape index (κ1) is 18.5. The van der Waals surface area contributed by atoms with Crippen LogP contribution < -0.4 is 0 Å². The van der Waals surface area contributed by atoms with Crippen LogP contribution in [-0.4, -0.2) is 31.2 Å². The van der Waals surface area contributed by atoms with Crippen molar-refractivity contribution >= 4 is 16.8 Å². The van der Waals surface area contributed by atoms with Crippen molar-refractivity contribution in [3.8, 4) is 0 Å². The number of carbonyl (C=O) groups is 1. The van der Waals surface area contributed by atoms with Crippen LogP contribution in [0, 0.1) is 0 Å². The maximum absolute atomic E-state index is 13.5. The Morgan fingerprint density at radius 1 is 1.14 bits per heavy atom. The number of amides is 1. The van der Waals surface area contributed by atoms with Crippen molar-refractivity contribution in [1.82, 2.24) is 19.2 Å². The molecular formula is C24H30N4O. The highest BCUT2D eigenvalue weighted by Gasteiger charge is 2.30. The number of aromatic nitrogens is 3. The molecular weight excluding hydrogens is 360 g/mol. The first-order valence-electron chi connectivity index (χ1n) is 11.0. The highest BCUT2D eigenvalue weighted by molar-refractivity contribution is 5.89. The molecule has 0 saturated heterocycles. The molecule has 0 radical (unpaired) electrons. The van der Waals surface area contributed by atoms with Gasteiger partial charge < -0.3 is 9.47 Å². The molecule has 2 aliphatic rings. The van der Waals surface area contributed by atoms with Crippen molar-refractivity contribution in [3.05, 3.63) is 53.0 Å². The van der Waals surface area contributed by atoms with Crippen molar-refractivity contribution in [3.63, 3.8) is 0 Å². The van der Waals surface area contributed by atoms with Gasteiger partial charge in [0.1, 0.15) is 0 Å². The zero-order chi connectivity index (χ0) is 20.0. The maximum atomic E-state index is 13.5. The van der Waals surface area contributed by atoms with E-state index >= 15 is 0 Å². The Kier molecular flexibility index (Phi) is 4.69. The van der Waals surface area contributed by atoms with Gasteiger partial charge in [-0.25, -0.2) is 0 Å². The second kappa shape index (κ2) is 7.36. The first-order valence-corrected chi connectivity index (χ1v) is 11.0. The second-order valence-electron chi connectivity index (χ2n) is 8.77. The minimum atomic E-state index is 0.241. The van der Waals surface area contributed by atoms with Crippen molar-refractivity contribution < 1.29 is 4.79 Å². The summed E-state index contributed by atoms with van der Waals surface area (Å²) >= 11 is 0. The number of carbonyl (C=O) groups excluding carboxylic acids is 1. The van der Waals surface area contributed by atoms with Gasteiger partial charge in [-0.1, -0.05) is 31.0 Å². The number of nitrogens with zero attached hydrogens (tertiary/aromatic N) is 4. The van der Waals surface area contributed by atoms with Crippen LogP contribution in [0.25, 0.3) is 10.9 Å². The molecule has 0 unspecified atom stereocenters. The molecule has 0 spiro atoms. The molecule has 2 heterocycles. The molecule has 3 aromatic rings. The number of hydrogen-bond donors (Lipinski definition) is 0. The minimum absolute atomic E-state index is 0.241. The third kappa shape index (κ3) is 3.26. The lowest BCUT2D eigenvalue weighted by atomic mass is 10.1. The van der Waals surface area contributed by atoms with Gasteiger partial charge >= 0.3 is 0 Å². The summed E-state index contributed by atoms with van der Waals surface area (Å²) in [6.07, 6.45) is 10.7. The molecule has 2 aliphatic carbocycles. The summed E-state index contributed by atoms with van der Waals surface area (Å²) in [4.78, 5) is 15.7. The van der Waals surface area contributed by atoms with Gasteiger partial charge in [0.15, 0.2) is 0 Å². The standard InChI is InChI=1S/C24H30N4O/c1-26-15-17(19-10-5-6-12-22(19)26)14-24(29)28(18-8-3-4-9-18)16-21-20-11-7-13-23(20)27(2)25-21/h5-6,10,12,15,18H,3-4,7-9,11,13-14,16H2,1-2H3. The second-order valence-corrected chi connectivity index (χ2v) is 8.77. The highest BCUT2D eigenvalue weighted by Crippen LogP contribution is 2.30. The van der Waals surface area contributed by atoms with E-state index in [1.165, 1.54) is 41.4 Å². The fraction of sp³-hybridized carbons (Fsp3) is 0.500. The summed E-state index contributed by atoms with van der Waals surface area (Å²) in [6, 6.07) is 8.72. The summed E-state index contributed by atoms with van der Waals surface area (Å²) in [6.45, 7) is 0.664. The number of fused-ring (bicyclic) bond motifs is 2. The average molecular weight is 391 g/mol. The van der Waals surface area contributed by atoms with E-state index in [-0.39, 0.29) is 5.91 Å². The van der Waals surface area contributed by atoms with Crippen LogP contribution in [0.1, 0.15) is 54.6 Å². The molecule has 1 fully saturated rings. The monoisotopic (exact) mass is 390 g/mol. The lowest BCUT2D eigenvalue weighted by Crippen LogP contribution is -2.39. The van der Waals surface area contributed by atoms with Gasteiger partial charge in [0.25, 0.3) is 0 Å². The lowest BCUT2D eigenvalue weighted by Gasteiger charge is -2.29. The zero-order valence-corrected chi connectivity index (χ0v) is 17.5. The maximum Gasteiger partial charge on any atom is 0.227 e. The minimum Gasteiger partial charge on any atom is -0.350 e. The topological polar surface area (TPSA) is 43.1 Å². The highest BCUT2D eigenvalue weighted by atomic mass is 16.2. The fourth-order valence-corrected chi connectivity index (χ4v) is 5.45. The van der Waals surface area contributed by atoms with Crippen LogP contribution >= 0.6 is 0 Å². The molecule has 2 aromatic heterocycles. The lowest BCUT2D eigenvalue weighted by molar-refractivity contribution is -0.133. The first-order chi connectivity index (χ1) is 14.1. The molecule has 29 heavy (non-hydrogen) atoms. The number of para-hydroxylation sites is 1. The third-order valence-electron chi connectivity index (χ3n) is 6.93. The van der Waals surface area contributed by atoms with Gasteiger partial charge in [0.2, 0.25) is 5.91 Å². The zero-order valence-electron chi connectivity index (χ0n) is 17.5. The molecule has 5 nitrogen and oxygen atoms in total. The van der Waals surface area contributed by atoms with E-state index in [9.17, 15) is 4.79 Å². The molecule has 5 heteroatoms. The molecule has 0 aliphatic heterocycles. The van der Waals surface area contributed by atoms with Crippen molar-refractivity contribution in [1.29, 1.82) is 0 Å². The van der Waals surface area contributed by atoms with E-state index in [4.69, 9.17) is 5.10 Å². The molecule has 1 aromatic carbocycles. The Bertz CT molecular complexity index is 1050. The van der Waals surface area contributed by atoms with Crippen molar-refractivity contribution in [2.45, 2.75) is 64.0 Å². The van der Waals surface area contributed by atoms with Crippen LogP contribution in [0.2, 0.25) is 0 Å². The smallest absolute Gasteiger partial charge is 0.227 e. The predicted octanol–water partition coefficient (Wildman–Crippen LogP) is 3.91. The van der Waals surface area contributed by atoms with E-state index in [0.29, 0.717) is 19.0 Å². The molecule has 0 bridgehead atoms. The average Bonchev–Trinajstić information content (AvgIpc) is 3.49. The normalized spacial score (nSPS) is 16.6. The number of rotatable bonds is 5. The van der Waals surface area contributed by atoms with Gasteiger partial charge in [0, 0.05) is 42.9 Å². The third-order valence-corrected chi connectivity index (χ3v) is 6.93. The molecule has 152 valence electrons. The van der Waals surface area contributed by atoms with E-state index in [1.807, 2.05) is 11.7 Å². The summed E-state index contributed by atoms with van der Waals surface area (Å²) in [5, 5.41) is 5.99. The van der Waals surface area contributed by atoms with E-state index < -0.39 is 0 Å².